The first-order chi connectivity index (χ1) is 8.58. The molecule has 1 heterocycles. The molecule has 100 valence electrons. The molecule has 1 rings (SSSR count). The van der Waals surface area contributed by atoms with Crippen LogP contribution in [0.3, 0.4) is 0 Å². The third kappa shape index (κ3) is 3.35. The highest BCUT2D eigenvalue weighted by Crippen LogP contribution is 2.30. The third-order valence-corrected chi connectivity index (χ3v) is 4.79. The topological polar surface area (TPSA) is 75.1 Å². The van der Waals surface area contributed by atoms with Gasteiger partial charge in [0.1, 0.15) is 0 Å². The number of carboxylic acids is 1. The molecule has 0 aromatic carbocycles. The minimum absolute atomic E-state index is 0.0280. The molecule has 0 atom stereocenters. The average molecular weight is 269 g/mol. The number of hydrogen-bond donors (Lipinski definition) is 2. The van der Waals surface area contributed by atoms with Gasteiger partial charge in [-0.3, -0.25) is 0 Å². The van der Waals surface area contributed by atoms with Gasteiger partial charge in [-0.05, 0) is 19.1 Å². The highest BCUT2D eigenvalue weighted by molar-refractivity contribution is 8.00. The highest BCUT2D eigenvalue weighted by atomic mass is 32.2. The van der Waals surface area contributed by atoms with E-state index in [4.69, 9.17) is 5.11 Å². The predicted molar refractivity (Wildman–Crippen MR) is 74.3 cm³/mol. The Balaban J connectivity index is 2.83. The molecule has 0 amide bonds. The van der Waals surface area contributed by atoms with E-state index in [0.717, 1.165) is 12.8 Å². The van der Waals surface area contributed by atoms with Crippen LogP contribution in [0.25, 0.3) is 0 Å². The zero-order valence-corrected chi connectivity index (χ0v) is 11.8. The molecule has 0 fully saturated rings. The Hall–Kier alpha value is -1.30. The van der Waals surface area contributed by atoms with Crippen LogP contribution in [0.1, 0.15) is 37.2 Å². The van der Waals surface area contributed by atoms with Crippen LogP contribution in [0.5, 0.6) is 0 Å². The van der Waals surface area contributed by atoms with E-state index in [1.807, 2.05) is 0 Å². The summed E-state index contributed by atoms with van der Waals surface area (Å²) < 4.78 is 0.104. The summed E-state index contributed by atoms with van der Waals surface area (Å²) >= 11 is 1.79. The van der Waals surface area contributed by atoms with Crippen molar-refractivity contribution in [2.45, 2.75) is 31.4 Å². The molecule has 5 nitrogen and oxygen atoms in total. The van der Waals surface area contributed by atoms with Crippen molar-refractivity contribution in [3.05, 3.63) is 18.1 Å². The molecule has 2 N–H and O–H groups in total. The van der Waals surface area contributed by atoms with E-state index in [2.05, 4.69) is 35.4 Å². The maximum atomic E-state index is 11.0. The molecular weight excluding hydrogens is 250 g/mol. The van der Waals surface area contributed by atoms with Gasteiger partial charge in [0.05, 0.1) is 0 Å². The summed E-state index contributed by atoms with van der Waals surface area (Å²) in [6.07, 6.45) is 6.98. The maximum absolute atomic E-state index is 11.0. The Bertz CT molecular complexity index is 400. The third-order valence-electron chi connectivity index (χ3n) is 3.20. The number of carbonyl (C=O) groups is 1. The number of anilines is 1. The molecule has 0 aliphatic carbocycles. The van der Waals surface area contributed by atoms with Gasteiger partial charge in [0.15, 0.2) is 11.5 Å². The lowest BCUT2D eigenvalue weighted by molar-refractivity contribution is 0.0691. The van der Waals surface area contributed by atoms with E-state index < -0.39 is 5.97 Å². The highest BCUT2D eigenvalue weighted by Gasteiger charge is 2.25. The fraction of sp³-hybridized carbons (Fsp3) is 0.583. The molecule has 6 heteroatoms. The molecule has 0 spiro atoms. The number of thioether (sulfide) groups is 1. The standard InChI is InChI=1S/C12H19N3O2S/c1-4-12(5-2,18-3)8-15-10-9(11(16)17)13-6-7-14-10/h6-7H,4-5,8H2,1-3H3,(H,14,15)(H,16,17). The van der Waals surface area contributed by atoms with Crippen molar-refractivity contribution in [1.29, 1.82) is 0 Å². The van der Waals surface area contributed by atoms with Crippen molar-refractivity contribution < 1.29 is 9.90 Å². The van der Waals surface area contributed by atoms with Gasteiger partial charge in [0, 0.05) is 23.7 Å². The van der Waals surface area contributed by atoms with Gasteiger partial charge in [0.25, 0.3) is 0 Å². The number of nitrogens with zero attached hydrogens (tertiary/aromatic N) is 2. The van der Waals surface area contributed by atoms with E-state index in [9.17, 15) is 4.79 Å². The summed E-state index contributed by atoms with van der Waals surface area (Å²) in [7, 11) is 0. The van der Waals surface area contributed by atoms with Crippen LogP contribution in [0.15, 0.2) is 12.4 Å². The van der Waals surface area contributed by atoms with E-state index >= 15 is 0 Å². The van der Waals surface area contributed by atoms with Crippen LogP contribution in [-0.4, -0.2) is 38.6 Å². The molecule has 0 radical (unpaired) electrons. The normalized spacial score (nSPS) is 11.3. The molecular formula is C12H19N3O2S. The van der Waals surface area contributed by atoms with Crippen molar-refractivity contribution in [3.8, 4) is 0 Å². The van der Waals surface area contributed by atoms with Crippen LogP contribution in [0, 0.1) is 0 Å². The van der Waals surface area contributed by atoms with Gasteiger partial charge in [-0.2, -0.15) is 11.8 Å². The summed E-state index contributed by atoms with van der Waals surface area (Å²) in [4.78, 5) is 18.9. The molecule has 0 aliphatic heterocycles. The van der Waals surface area contributed by atoms with Crippen LogP contribution in [-0.2, 0) is 0 Å². The van der Waals surface area contributed by atoms with Gasteiger partial charge in [0.2, 0.25) is 0 Å². The summed E-state index contributed by atoms with van der Waals surface area (Å²) in [6.45, 7) is 4.95. The molecule has 0 saturated heterocycles. The number of nitrogens with one attached hydrogen (secondary N) is 1. The summed E-state index contributed by atoms with van der Waals surface area (Å²) in [5, 5.41) is 12.1. The number of aromatic carboxylic acids is 1. The molecule has 1 aromatic heterocycles. The van der Waals surface area contributed by atoms with Crippen LogP contribution < -0.4 is 5.32 Å². The zero-order chi connectivity index (χ0) is 13.6. The Kier molecular flexibility index (Phi) is 5.40. The fourth-order valence-electron chi connectivity index (χ4n) is 1.73. The molecule has 1 aromatic rings. The molecule has 0 saturated carbocycles. The monoisotopic (exact) mass is 269 g/mol. The second kappa shape index (κ2) is 6.58. The fourth-order valence-corrected chi connectivity index (χ4v) is 2.52. The number of aromatic nitrogens is 2. The number of carboxylic acid groups (broad SMARTS) is 1. The van der Waals surface area contributed by atoms with Gasteiger partial charge in [-0.1, -0.05) is 13.8 Å². The Labute approximate surface area is 111 Å². The van der Waals surface area contributed by atoms with Crippen molar-refractivity contribution >= 4 is 23.5 Å². The van der Waals surface area contributed by atoms with Gasteiger partial charge in [-0.25, -0.2) is 14.8 Å². The maximum Gasteiger partial charge on any atom is 0.358 e. The first-order valence-electron chi connectivity index (χ1n) is 5.92. The van der Waals surface area contributed by atoms with Crippen LogP contribution in [0.4, 0.5) is 5.82 Å². The largest absolute Gasteiger partial charge is 0.476 e. The van der Waals surface area contributed by atoms with E-state index in [1.54, 1.807) is 11.8 Å². The lowest BCUT2D eigenvalue weighted by Gasteiger charge is -2.30. The zero-order valence-electron chi connectivity index (χ0n) is 10.9. The van der Waals surface area contributed by atoms with Crippen molar-refractivity contribution in [2.24, 2.45) is 0 Å². The van der Waals surface area contributed by atoms with Gasteiger partial charge in [-0.15, -0.1) is 0 Å². The Morgan fingerprint density at radius 1 is 1.39 bits per heavy atom. The predicted octanol–water partition coefficient (Wildman–Crippen LogP) is 2.51. The summed E-state index contributed by atoms with van der Waals surface area (Å²) in [6, 6.07) is 0. The van der Waals surface area contributed by atoms with Crippen LogP contribution in [0.2, 0.25) is 0 Å². The first kappa shape index (κ1) is 14.8. The molecule has 0 bridgehead atoms. The Morgan fingerprint density at radius 2 is 2.00 bits per heavy atom. The first-order valence-corrected chi connectivity index (χ1v) is 7.14. The Morgan fingerprint density at radius 3 is 2.50 bits per heavy atom. The van der Waals surface area contributed by atoms with Crippen molar-refractivity contribution in [1.82, 2.24) is 9.97 Å². The minimum atomic E-state index is -1.06. The lowest BCUT2D eigenvalue weighted by Crippen LogP contribution is -2.32. The van der Waals surface area contributed by atoms with Crippen LogP contribution >= 0.6 is 11.8 Å². The summed E-state index contributed by atoms with van der Waals surface area (Å²) in [5.74, 6) is -0.723. The SMILES string of the molecule is CCC(CC)(CNc1nccnc1C(=O)O)SC. The van der Waals surface area contributed by atoms with E-state index in [0.29, 0.717) is 12.4 Å². The van der Waals surface area contributed by atoms with Crippen molar-refractivity contribution in [2.75, 3.05) is 18.1 Å². The average Bonchev–Trinajstić information content (AvgIpc) is 2.41. The number of hydrogen-bond acceptors (Lipinski definition) is 5. The molecule has 0 unspecified atom stereocenters. The molecule has 18 heavy (non-hydrogen) atoms. The summed E-state index contributed by atoms with van der Waals surface area (Å²) in [5.41, 5.74) is -0.0280. The smallest absolute Gasteiger partial charge is 0.358 e. The van der Waals surface area contributed by atoms with E-state index in [1.165, 1.54) is 12.4 Å². The minimum Gasteiger partial charge on any atom is -0.476 e. The molecule has 0 aliphatic rings. The van der Waals surface area contributed by atoms with Gasteiger partial charge >= 0.3 is 5.97 Å². The van der Waals surface area contributed by atoms with E-state index in [-0.39, 0.29) is 10.4 Å². The second-order valence-electron chi connectivity index (χ2n) is 4.01. The van der Waals surface area contributed by atoms with Gasteiger partial charge < -0.3 is 10.4 Å². The number of rotatable bonds is 7. The quantitative estimate of drug-likeness (QED) is 0.792. The van der Waals surface area contributed by atoms with Crippen molar-refractivity contribution in [3.63, 3.8) is 0 Å². The lowest BCUT2D eigenvalue weighted by atomic mass is 10.0. The second-order valence-corrected chi connectivity index (χ2v) is 5.28.